The number of fused-ring (bicyclic) bond motifs is 2. The van der Waals surface area contributed by atoms with Gasteiger partial charge in [-0.25, -0.2) is 9.78 Å². The van der Waals surface area contributed by atoms with Crippen LogP contribution in [0.4, 0.5) is 16.2 Å². The SMILES string of the molecule is C[C@H]1CN([C@@H](C)CO)C(=O)c2cccc(NS(=O)(=O)c3cn(C)cn3)c2O[C@H]1CN(C)C(=O)Nc1ccc2c(c1)OCO2. The standard InChI is InChI=1S/C28H34N6O8S/c1-17-11-34(18(2)14-35)27(36)20-6-5-7-21(31-43(38,39)25-13-32(3)15-29-25)26(20)42-24(17)12-33(4)28(37)30-19-8-9-22-23(10-19)41-16-40-22/h5-10,13,15,17-18,24,31,35H,11-12,14,16H2,1-4H3,(H,30,37)/t17-,18-,24-/m0/s1. The highest BCUT2D eigenvalue weighted by Gasteiger charge is 2.35. The molecule has 0 saturated carbocycles. The number of benzene rings is 2. The molecule has 0 saturated heterocycles. The number of ether oxygens (including phenoxy) is 3. The highest BCUT2D eigenvalue weighted by atomic mass is 32.2. The minimum atomic E-state index is -4.13. The fourth-order valence-electron chi connectivity index (χ4n) is 4.81. The maximum absolute atomic E-state index is 13.7. The Balaban J connectivity index is 1.44. The minimum Gasteiger partial charge on any atom is -0.485 e. The van der Waals surface area contributed by atoms with E-state index in [9.17, 15) is 23.1 Å². The van der Waals surface area contributed by atoms with E-state index in [2.05, 4.69) is 15.0 Å². The van der Waals surface area contributed by atoms with Crippen LogP contribution in [0.2, 0.25) is 0 Å². The van der Waals surface area contributed by atoms with Crippen LogP contribution in [0.3, 0.4) is 0 Å². The number of amides is 3. The molecule has 0 radical (unpaired) electrons. The highest BCUT2D eigenvalue weighted by Crippen LogP contribution is 2.37. The van der Waals surface area contributed by atoms with Gasteiger partial charge in [0.1, 0.15) is 6.10 Å². The van der Waals surface area contributed by atoms with Gasteiger partial charge in [-0.05, 0) is 31.2 Å². The number of hydrogen-bond acceptors (Lipinski definition) is 9. The first-order chi connectivity index (χ1) is 20.5. The second-order valence-corrected chi connectivity index (χ2v) is 12.3. The molecule has 0 spiro atoms. The van der Waals surface area contributed by atoms with E-state index in [1.807, 2.05) is 6.92 Å². The third kappa shape index (κ3) is 6.32. The lowest BCUT2D eigenvalue weighted by Gasteiger charge is -2.38. The number of aliphatic hydroxyl groups excluding tert-OH is 1. The van der Waals surface area contributed by atoms with Gasteiger partial charge >= 0.3 is 6.03 Å². The summed E-state index contributed by atoms with van der Waals surface area (Å²) >= 11 is 0. The molecule has 2 aliphatic heterocycles. The molecule has 43 heavy (non-hydrogen) atoms. The molecule has 230 valence electrons. The number of sulfonamides is 1. The number of rotatable bonds is 8. The van der Waals surface area contributed by atoms with Crippen LogP contribution in [0.25, 0.3) is 0 Å². The van der Waals surface area contributed by atoms with Gasteiger partial charge in [0.15, 0.2) is 22.3 Å². The average molecular weight is 615 g/mol. The van der Waals surface area contributed by atoms with E-state index in [1.165, 1.54) is 39.0 Å². The number of urea groups is 1. The molecule has 0 unspecified atom stereocenters. The molecule has 0 fully saturated rings. The summed E-state index contributed by atoms with van der Waals surface area (Å²) in [6.45, 7) is 3.74. The Morgan fingerprint density at radius 2 is 2.00 bits per heavy atom. The molecule has 3 aromatic rings. The van der Waals surface area contributed by atoms with E-state index in [4.69, 9.17) is 14.2 Å². The van der Waals surface area contributed by atoms with Gasteiger partial charge in [-0.15, -0.1) is 0 Å². The number of para-hydroxylation sites is 1. The third-order valence-electron chi connectivity index (χ3n) is 7.32. The van der Waals surface area contributed by atoms with Crippen molar-refractivity contribution in [3.05, 3.63) is 54.5 Å². The lowest BCUT2D eigenvalue weighted by molar-refractivity contribution is 0.0373. The van der Waals surface area contributed by atoms with Gasteiger partial charge in [-0.3, -0.25) is 9.52 Å². The van der Waals surface area contributed by atoms with Gasteiger partial charge in [-0.2, -0.15) is 8.42 Å². The van der Waals surface area contributed by atoms with Crippen molar-refractivity contribution < 1.29 is 37.3 Å². The summed E-state index contributed by atoms with van der Waals surface area (Å²) in [4.78, 5) is 33.8. The number of likely N-dealkylation sites (N-methyl/N-ethyl adjacent to an activating group) is 1. The normalized spacial score (nSPS) is 18.6. The van der Waals surface area contributed by atoms with E-state index in [0.29, 0.717) is 17.2 Å². The number of anilines is 2. The highest BCUT2D eigenvalue weighted by molar-refractivity contribution is 7.92. The van der Waals surface area contributed by atoms with Crippen LogP contribution in [0, 0.1) is 5.92 Å². The molecule has 0 aliphatic carbocycles. The number of nitrogens with one attached hydrogen (secondary N) is 2. The van der Waals surface area contributed by atoms with E-state index in [1.54, 1.807) is 45.3 Å². The number of aliphatic hydroxyl groups is 1. The predicted octanol–water partition coefficient (Wildman–Crippen LogP) is 2.33. The van der Waals surface area contributed by atoms with Gasteiger partial charge in [0, 0.05) is 44.5 Å². The van der Waals surface area contributed by atoms with E-state index in [0.717, 1.165) is 0 Å². The fraction of sp³-hybridized carbons (Fsp3) is 0.393. The molecule has 3 N–H and O–H groups in total. The Labute approximate surface area is 249 Å². The van der Waals surface area contributed by atoms with Gasteiger partial charge in [0.25, 0.3) is 15.9 Å². The zero-order valence-corrected chi connectivity index (χ0v) is 25.0. The molecule has 2 aliphatic rings. The minimum absolute atomic E-state index is 0.0169. The Morgan fingerprint density at radius 3 is 2.72 bits per heavy atom. The topological polar surface area (TPSA) is 165 Å². The molecule has 0 bridgehead atoms. The van der Waals surface area contributed by atoms with E-state index < -0.39 is 34.1 Å². The first kappa shape index (κ1) is 30.0. The average Bonchev–Trinajstić information content (AvgIpc) is 3.63. The molecule has 3 amide bonds. The van der Waals surface area contributed by atoms with Crippen molar-refractivity contribution in [2.75, 3.05) is 43.6 Å². The molecule has 2 aromatic carbocycles. The number of aromatic nitrogens is 2. The molecule has 3 heterocycles. The summed E-state index contributed by atoms with van der Waals surface area (Å²) in [5.41, 5.74) is 0.670. The van der Waals surface area contributed by atoms with Crippen LogP contribution in [0.15, 0.2) is 53.9 Å². The van der Waals surface area contributed by atoms with Crippen molar-refractivity contribution >= 4 is 33.3 Å². The van der Waals surface area contributed by atoms with Gasteiger partial charge < -0.3 is 39.0 Å². The summed E-state index contributed by atoms with van der Waals surface area (Å²) in [7, 11) is -0.875. The molecular weight excluding hydrogens is 580 g/mol. The Kier molecular flexibility index (Phi) is 8.37. The molecule has 14 nitrogen and oxygen atoms in total. The molecule has 3 atom stereocenters. The lowest BCUT2D eigenvalue weighted by atomic mass is 9.99. The van der Waals surface area contributed by atoms with Gasteiger partial charge in [-0.1, -0.05) is 13.0 Å². The lowest BCUT2D eigenvalue weighted by Crippen LogP contribution is -2.50. The van der Waals surface area contributed by atoms with Crippen molar-refractivity contribution in [3.63, 3.8) is 0 Å². The summed E-state index contributed by atoms with van der Waals surface area (Å²) < 4.78 is 47.5. The number of nitrogens with zero attached hydrogens (tertiary/aromatic N) is 4. The maximum atomic E-state index is 13.7. The summed E-state index contributed by atoms with van der Waals surface area (Å²) in [6, 6.07) is 8.70. The number of carbonyl (C=O) groups excluding carboxylic acids is 2. The Hall–Kier alpha value is -4.50. The second-order valence-electron chi connectivity index (χ2n) is 10.7. The zero-order chi connectivity index (χ0) is 30.9. The second kappa shape index (κ2) is 12.0. The fourth-order valence-corrected chi connectivity index (χ4v) is 5.86. The van der Waals surface area contributed by atoms with Crippen LogP contribution >= 0.6 is 0 Å². The van der Waals surface area contributed by atoms with Crippen LogP contribution in [0.5, 0.6) is 17.2 Å². The first-order valence-corrected chi connectivity index (χ1v) is 15.1. The first-order valence-electron chi connectivity index (χ1n) is 13.6. The van der Waals surface area contributed by atoms with Crippen LogP contribution in [-0.4, -0.2) is 90.5 Å². The number of hydrogen-bond donors (Lipinski definition) is 3. The quantitative estimate of drug-likeness (QED) is 0.345. The van der Waals surface area contributed by atoms with Gasteiger partial charge in [0.2, 0.25) is 6.79 Å². The van der Waals surface area contributed by atoms with Crippen molar-refractivity contribution in [3.8, 4) is 17.2 Å². The van der Waals surface area contributed by atoms with Crippen molar-refractivity contribution in [1.82, 2.24) is 19.4 Å². The summed E-state index contributed by atoms with van der Waals surface area (Å²) in [5, 5.41) is 12.5. The number of imidazole rings is 1. The van der Waals surface area contributed by atoms with Crippen molar-refractivity contribution in [2.24, 2.45) is 13.0 Å². The van der Waals surface area contributed by atoms with Crippen molar-refractivity contribution in [2.45, 2.75) is 31.0 Å². The maximum Gasteiger partial charge on any atom is 0.321 e. The van der Waals surface area contributed by atoms with E-state index in [-0.39, 0.29) is 54.4 Å². The molecule has 1 aromatic heterocycles. The Bertz CT molecular complexity index is 1630. The van der Waals surface area contributed by atoms with Crippen molar-refractivity contribution in [1.29, 1.82) is 0 Å². The zero-order valence-electron chi connectivity index (χ0n) is 24.2. The molecule has 15 heteroatoms. The van der Waals surface area contributed by atoms with Gasteiger partial charge in [0.05, 0.1) is 36.8 Å². The van der Waals surface area contributed by atoms with Crippen LogP contribution in [-0.2, 0) is 17.1 Å². The van der Waals surface area contributed by atoms with Crippen LogP contribution < -0.4 is 24.2 Å². The van der Waals surface area contributed by atoms with E-state index >= 15 is 0 Å². The largest absolute Gasteiger partial charge is 0.485 e. The number of aryl methyl sites for hydroxylation is 1. The third-order valence-corrected chi connectivity index (χ3v) is 8.57. The smallest absolute Gasteiger partial charge is 0.321 e. The summed E-state index contributed by atoms with van der Waals surface area (Å²) in [6.07, 6.45) is 2.04. The van der Waals surface area contributed by atoms with Crippen LogP contribution in [0.1, 0.15) is 24.2 Å². The number of carbonyl (C=O) groups is 2. The molecular formula is C28H34N6O8S. The summed E-state index contributed by atoms with van der Waals surface area (Å²) in [5.74, 6) is 0.384. The Morgan fingerprint density at radius 1 is 1.23 bits per heavy atom. The molecule has 5 rings (SSSR count). The predicted molar refractivity (Wildman–Crippen MR) is 156 cm³/mol. The monoisotopic (exact) mass is 614 g/mol.